The molecule has 1 aliphatic carbocycles. The third-order valence-corrected chi connectivity index (χ3v) is 4.67. The summed E-state index contributed by atoms with van der Waals surface area (Å²) >= 11 is 0. The lowest BCUT2D eigenvalue weighted by Crippen LogP contribution is -2.39. The first kappa shape index (κ1) is 14.9. The van der Waals surface area contributed by atoms with Crippen LogP contribution in [0.3, 0.4) is 0 Å². The summed E-state index contributed by atoms with van der Waals surface area (Å²) in [4.78, 5) is 12.0. The highest BCUT2D eigenvalue weighted by atomic mass is 16.3. The number of para-hydroxylation sites is 1. The van der Waals surface area contributed by atoms with E-state index in [0.717, 1.165) is 13.0 Å². The Hall–Kier alpha value is -1.51. The van der Waals surface area contributed by atoms with Crippen LogP contribution in [0.25, 0.3) is 0 Å². The van der Waals surface area contributed by atoms with Gasteiger partial charge in [-0.2, -0.15) is 0 Å². The number of benzene rings is 1. The lowest BCUT2D eigenvalue weighted by Gasteiger charge is -2.36. The lowest BCUT2D eigenvalue weighted by molar-refractivity contribution is -0.121. The van der Waals surface area contributed by atoms with Gasteiger partial charge >= 0.3 is 0 Å². The second-order valence-corrected chi connectivity index (χ2v) is 6.00. The molecule has 3 nitrogen and oxygen atoms in total. The standard InChI is InChI=1S/C17H25NO2/c1-2-17(10-6-3-7-11-17)13-18-16(20)12-14-8-4-5-9-15(14)19/h4-5,8-9,19H,2-3,6-7,10-13H2,1H3,(H,18,20). The Morgan fingerprint density at radius 2 is 1.95 bits per heavy atom. The van der Waals surface area contributed by atoms with E-state index >= 15 is 0 Å². The molecule has 2 rings (SSSR count). The zero-order chi connectivity index (χ0) is 14.4. The van der Waals surface area contributed by atoms with Gasteiger partial charge in [0, 0.05) is 12.1 Å². The first-order chi connectivity index (χ1) is 9.65. The molecule has 1 aliphatic rings. The highest BCUT2D eigenvalue weighted by molar-refractivity contribution is 5.79. The van der Waals surface area contributed by atoms with Gasteiger partial charge in [-0.15, -0.1) is 0 Å². The molecule has 1 saturated carbocycles. The number of hydrogen-bond donors (Lipinski definition) is 2. The Bertz CT molecular complexity index is 450. The molecule has 3 heteroatoms. The molecule has 1 aromatic carbocycles. The van der Waals surface area contributed by atoms with Crippen molar-refractivity contribution in [2.45, 2.75) is 51.9 Å². The van der Waals surface area contributed by atoms with Crippen molar-refractivity contribution in [1.29, 1.82) is 0 Å². The van der Waals surface area contributed by atoms with Crippen LogP contribution in [-0.4, -0.2) is 17.6 Å². The van der Waals surface area contributed by atoms with Gasteiger partial charge in [-0.05, 0) is 30.7 Å². The maximum atomic E-state index is 12.0. The van der Waals surface area contributed by atoms with Crippen LogP contribution in [-0.2, 0) is 11.2 Å². The van der Waals surface area contributed by atoms with Gasteiger partial charge in [-0.1, -0.05) is 44.4 Å². The van der Waals surface area contributed by atoms with Crippen LogP contribution in [0.5, 0.6) is 5.75 Å². The maximum Gasteiger partial charge on any atom is 0.224 e. The number of rotatable bonds is 5. The first-order valence-electron chi connectivity index (χ1n) is 7.69. The predicted molar refractivity (Wildman–Crippen MR) is 80.6 cm³/mol. The van der Waals surface area contributed by atoms with Gasteiger partial charge in [0.2, 0.25) is 5.91 Å². The monoisotopic (exact) mass is 275 g/mol. The Morgan fingerprint density at radius 1 is 1.25 bits per heavy atom. The van der Waals surface area contributed by atoms with Crippen LogP contribution < -0.4 is 5.32 Å². The Morgan fingerprint density at radius 3 is 2.60 bits per heavy atom. The smallest absolute Gasteiger partial charge is 0.224 e. The van der Waals surface area contributed by atoms with E-state index in [2.05, 4.69) is 12.2 Å². The average molecular weight is 275 g/mol. The largest absolute Gasteiger partial charge is 0.508 e. The predicted octanol–water partition coefficient (Wildman–Crippen LogP) is 3.41. The zero-order valence-electron chi connectivity index (χ0n) is 12.3. The number of phenols is 1. The molecule has 1 amide bonds. The number of phenolic OH excluding ortho intramolecular Hbond substituents is 1. The van der Waals surface area contributed by atoms with Gasteiger partial charge in [-0.3, -0.25) is 4.79 Å². The van der Waals surface area contributed by atoms with Crippen LogP contribution in [0.2, 0.25) is 0 Å². The summed E-state index contributed by atoms with van der Waals surface area (Å²) in [6.45, 7) is 3.00. The second kappa shape index (κ2) is 6.78. The van der Waals surface area contributed by atoms with Gasteiger partial charge in [-0.25, -0.2) is 0 Å². The van der Waals surface area contributed by atoms with Crippen molar-refractivity contribution >= 4 is 5.91 Å². The van der Waals surface area contributed by atoms with Gasteiger partial charge in [0.25, 0.3) is 0 Å². The second-order valence-electron chi connectivity index (χ2n) is 6.00. The minimum Gasteiger partial charge on any atom is -0.508 e. The fraction of sp³-hybridized carbons (Fsp3) is 0.588. The minimum atomic E-state index is 0.00454. The van der Waals surface area contributed by atoms with Crippen molar-refractivity contribution in [3.63, 3.8) is 0 Å². The topological polar surface area (TPSA) is 49.3 Å². The zero-order valence-corrected chi connectivity index (χ0v) is 12.3. The van der Waals surface area contributed by atoms with E-state index in [1.54, 1.807) is 18.2 Å². The SMILES string of the molecule is CCC1(CNC(=O)Cc2ccccc2O)CCCCC1. The fourth-order valence-corrected chi connectivity index (χ4v) is 3.14. The summed E-state index contributed by atoms with van der Waals surface area (Å²) < 4.78 is 0. The number of amides is 1. The van der Waals surface area contributed by atoms with Gasteiger partial charge in [0.1, 0.15) is 5.75 Å². The van der Waals surface area contributed by atoms with E-state index in [-0.39, 0.29) is 18.1 Å². The van der Waals surface area contributed by atoms with Gasteiger partial charge in [0.05, 0.1) is 6.42 Å². The first-order valence-corrected chi connectivity index (χ1v) is 7.69. The number of hydrogen-bond acceptors (Lipinski definition) is 2. The van der Waals surface area contributed by atoms with Crippen LogP contribution in [0.1, 0.15) is 51.0 Å². The number of carbonyl (C=O) groups is 1. The summed E-state index contributed by atoms with van der Waals surface area (Å²) in [5.74, 6) is 0.204. The van der Waals surface area contributed by atoms with Crippen molar-refractivity contribution in [2.24, 2.45) is 5.41 Å². The molecule has 1 aromatic rings. The number of carbonyl (C=O) groups excluding carboxylic acids is 1. The van der Waals surface area contributed by atoms with Crippen molar-refractivity contribution in [2.75, 3.05) is 6.54 Å². The Balaban J connectivity index is 1.87. The van der Waals surface area contributed by atoms with Gasteiger partial charge < -0.3 is 10.4 Å². The van der Waals surface area contributed by atoms with Crippen LogP contribution in [0, 0.1) is 5.41 Å². The molecule has 2 N–H and O–H groups in total. The van der Waals surface area contributed by atoms with E-state index in [9.17, 15) is 9.90 Å². The molecule has 0 atom stereocenters. The molecule has 20 heavy (non-hydrogen) atoms. The normalized spacial score (nSPS) is 17.6. The molecule has 0 bridgehead atoms. The Kier molecular flexibility index (Phi) is 5.05. The van der Waals surface area contributed by atoms with Gasteiger partial charge in [0.15, 0.2) is 0 Å². The molecule has 1 fully saturated rings. The number of nitrogens with one attached hydrogen (secondary N) is 1. The summed E-state index contributed by atoms with van der Waals surface area (Å²) in [5.41, 5.74) is 0.992. The van der Waals surface area contributed by atoms with Crippen LogP contribution in [0.15, 0.2) is 24.3 Å². The van der Waals surface area contributed by atoms with E-state index < -0.39 is 0 Å². The molecule has 0 saturated heterocycles. The molecular formula is C17H25NO2. The highest BCUT2D eigenvalue weighted by Crippen LogP contribution is 2.38. The molecule has 0 aromatic heterocycles. The quantitative estimate of drug-likeness (QED) is 0.865. The molecule has 110 valence electrons. The summed E-state index contributed by atoms with van der Waals surface area (Å²) in [6.07, 6.45) is 7.72. The molecular weight excluding hydrogens is 250 g/mol. The molecule has 0 radical (unpaired) electrons. The average Bonchev–Trinajstić information content (AvgIpc) is 2.49. The lowest BCUT2D eigenvalue weighted by atomic mass is 9.72. The number of aromatic hydroxyl groups is 1. The minimum absolute atomic E-state index is 0.00454. The van der Waals surface area contributed by atoms with Crippen molar-refractivity contribution in [1.82, 2.24) is 5.32 Å². The van der Waals surface area contributed by atoms with E-state index in [0.29, 0.717) is 11.0 Å². The molecule has 0 aliphatic heterocycles. The molecule has 0 unspecified atom stereocenters. The van der Waals surface area contributed by atoms with Crippen molar-refractivity contribution in [3.05, 3.63) is 29.8 Å². The summed E-state index contributed by atoms with van der Waals surface area (Å²) in [6, 6.07) is 7.03. The molecule has 0 spiro atoms. The third kappa shape index (κ3) is 3.75. The fourth-order valence-electron chi connectivity index (χ4n) is 3.14. The van der Waals surface area contributed by atoms with E-state index in [1.165, 1.54) is 32.1 Å². The molecule has 0 heterocycles. The summed E-state index contributed by atoms with van der Waals surface area (Å²) in [5, 5.41) is 12.8. The third-order valence-electron chi connectivity index (χ3n) is 4.67. The van der Waals surface area contributed by atoms with E-state index in [4.69, 9.17) is 0 Å². The van der Waals surface area contributed by atoms with Crippen LogP contribution >= 0.6 is 0 Å². The van der Waals surface area contributed by atoms with E-state index in [1.807, 2.05) is 6.07 Å². The Labute approximate surface area is 121 Å². The highest BCUT2D eigenvalue weighted by Gasteiger charge is 2.30. The van der Waals surface area contributed by atoms with Crippen molar-refractivity contribution in [3.8, 4) is 5.75 Å². The maximum absolute atomic E-state index is 12.0. The van der Waals surface area contributed by atoms with Crippen molar-refractivity contribution < 1.29 is 9.90 Å². The summed E-state index contributed by atoms with van der Waals surface area (Å²) in [7, 11) is 0. The van der Waals surface area contributed by atoms with Crippen LogP contribution in [0.4, 0.5) is 0 Å².